The lowest BCUT2D eigenvalue weighted by molar-refractivity contribution is -0.117. The predicted molar refractivity (Wildman–Crippen MR) is 106 cm³/mol. The first-order valence-electron chi connectivity index (χ1n) is 7.89. The molecule has 3 rings (SSSR count). The molecule has 0 unspecified atom stereocenters. The van der Waals surface area contributed by atoms with E-state index in [1.807, 2.05) is 30.0 Å². The van der Waals surface area contributed by atoms with Crippen LogP contribution in [-0.2, 0) is 21.7 Å². The Labute approximate surface area is 160 Å². The molecule has 0 aliphatic rings. The average Bonchev–Trinajstić information content (AvgIpc) is 2.95. The molecule has 0 saturated heterocycles. The van der Waals surface area contributed by atoms with E-state index < -0.39 is 15.7 Å². The van der Waals surface area contributed by atoms with Crippen LogP contribution in [0.5, 0.6) is 0 Å². The molecule has 1 aromatic heterocycles. The number of thioether (sulfide) groups is 1. The van der Waals surface area contributed by atoms with Crippen molar-refractivity contribution in [1.29, 1.82) is 0 Å². The third-order valence-electron chi connectivity index (χ3n) is 3.92. The van der Waals surface area contributed by atoms with Crippen LogP contribution in [0.3, 0.4) is 0 Å². The lowest BCUT2D eigenvalue weighted by Gasteiger charge is -2.02. The van der Waals surface area contributed by atoms with E-state index >= 15 is 0 Å². The SMILES string of the molecule is CSc1ccc2c(c1)sc(=NC(=O)CCS(=O)(=O)c1ccccc1)n2C. The van der Waals surface area contributed by atoms with E-state index in [9.17, 15) is 13.2 Å². The standard InChI is InChI=1S/C18H18N2O3S3/c1-20-15-9-8-13(24-2)12-16(15)25-18(20)19-17(21)10-11-26(22,23)14-6-4-3-5-7-14/h3-9,12H,10-11H2,1-2H3. The van der Waals surface area contributed by atoms with Gasteiger partial charge in [-0.25, -0.2) is 8.42 Å². The van der Waals surface area contributed by atoms with Gasteiger partial charge in [0.1, 0.15) is 0 Å². The smallest absolute Gasteiger partial charge is 0.249 e. The molecule has 0 spiro atoms. The summed E-state index contributed by atoms with van der Waals surface area (Å²) in [6.07, 6.45) is 1.87. The summed E-state index contributed by atoms with van der Waals surface area (Å²) in [5.41, 5.74) is 0.997. The van der Waals surface area contributed by atoms with E-state index in [2.05, 4.69) is 11.1 Å². The lowest BCUT2D eigenvalue weighted by atomic mass is 10.3. The van der Waals surface area contributed by atoms with Crippen LogP contribution in [-0.4, -0.2) is 30.9 Å². The minimum Gasteiger partial charge on any atom is -0.319 e. The molecular formula is C18H18N2O3S3. The molecule has 0 bridgehead atoms. The zero-order valence-corrected chi connectivity index (χ0v) is 16.8. The summed E-state index contributed by atoms with van der Waals surface area (Å²) in [5, 5.41) is 0. The molecule has 3 aromatic rings. The van der Waals surface area contributed by atoms with Crippen molar-refractivity contribution in [3.8, 4) is 0 Å². The van der Waals surface area contributed by atoms with Crippen molar-refractivity contribution in [2.75, 3.05) is 12.0 Å². The van der Waals surface area contributed by atoms with E-state index in [0.29, 0.717) is 4.80 Å². The summed E-state index contributed by atoms with van der Waals surface area (Å²) in [6.45, 7) is 0. The number of fused-ring (bicyclic) bond motifs is 1. The van der Waals surface area contributed by atoms with Crippen molar-refractivity contribution in [3.05, 3.63) is 53.3 Å². The highest BCUT2D eigenvalue weighted by Gasteiger charge is 2.16. The minimum absolute atomic E-state index is 0.137. The molecule has 26 heavy (non-hydrogen) atoms. The first kappa shape index (κ1) is 18.9. The van der Waals surface area contributed by atoms with Gasteiger partial charge in [0.15, 0.2) is 14.6 Å². The van der Waals surface area contributed by atoms with Gasteiger partial charge in [-0.1, -0.05) is 29.5 Å². The fourth-order valence-corrected chi connectivity index (χ4v) is 5.32. The normalized spacial score (nSPS) is 12.6. The number of hydrogen-bond acceptors (Lipinski definition) is 5. The second-order valence-electron chi connectivity index (χ2n) is 5.66. The van der Waals surface area contributed by atoms with Crippen LogP contribution < -0.4 is 4.80 Å². The van der Waals surface area contributed by atoms with Crippen LogP contribution in [0.15, 0.2) is 63.3 Å². The maximum Gasteiger partial charge on any atom is 0.249 e. The number of hydrogen-bond donors (Lipinski definition) is 0. The quantitative estimate of drug-likeness (QED) is 0.610. The van der Waals surface area contributed by atoms with Gasteiger partial charge in [-0.15, -0.1) is 11.8 Å². The highest BCUT2D eigenvalue weighted by atomic mass is 32.2. The summed E-state index contributed by atoms with van der Waals surface area (Å²) >= 11 is 3.08. The number of nitrogens with zero attached hydrogens (tertiary/aromatic N) is 2. The maximum absolute atomic E-state index is 12.3. The Morgan fingerprint density at radius 1 is 1.19 bits per heavy atom. The van der Waals surface area contributed by atoms with E-state index in [-0.39, 0.29) is 17.1 Å². The van der Waals surface area contributed by atoms with Crippen LogP contribution in [0.2, 0.25) is 0 Å². The van der Waals surface area contributed by atoms with Gasteiger partial charge in [-0.2, -0.15) is 4.99 Å². The van der Waals surface area contributed by atoms with Crippen LogP contribution in [0.4, 0.5) is 0 Å². The van der Waals surface area contributed by atoms with Crippen molar-refractivity contribution in [1.82, 2.24) is 4.57 Å². The number of rotatable bonds is 5. The number of benzene rings is 2. The third kappa shape index (κ3) is 4.08. The molecular weight excluding hydrogens is 388 g/mol. The third-order valence-corrected chi connectivity index (χ3v) is 7.48. The minimum atomic E-state index is -3.48. The van der Waals surface area contributed by atoms with Gasteiger partial charge in [0.2, 0.25) is 5.91 Å². The molecule has 2 aromatic carbocycles. The topological polar surface area (TPSA) is 68.5 Å². The average molecular weight is 407 g/mol. The number of sulfone groups is 1. The van der Waals surface area contributed by atoms with Crippen molar-refractivity contribution in [2.45, 2.75) is 16.2 Å². The summed E-state index contributed by atoms with van der Waals surface area (Å²) in [6, 6.07) is 14.2. The van der Waals surface area contributed by atoms with E-state index in [4.69, 9.17) is 0 Å². The molecule has 8 heteroatoms. The zero-order chi connectivity index (χ0) is 18.7. The Kier molecular flexibility index (Phi) is 5.64. The molecule has 0 aliphatic carbocycles. The maximum atomic E-state index is 12.3. The molecule has 5 nitrogen and oxygen atoms in total. The van der Waals surface area contributed by atoms with Gasteiger partial charge in [0, 0.05) is 18.4 Å². The van der Waals surface area contributed by atoms with Gasteiger partial charge in [0.05, 0.1) is 20.9 Å². The Balaban J connectivity index is 1.81. The molecule has 0 radical (unpaired) electrons. The fourth-order valence-electron chi connectivity index (χ4n) is 2.48. The first-order valence-corrected chi connectivity index (χ1v) is 11.6. The van der Waals surface area contributed by atoms with Crippen molar-refractivity contribution in [2.24, 2.45) is 12.0 Å². The molecule has 1 amide bonds. The van der Waals surface area contributed by atoms with Crippen molar-refractivity contribution in [3.63, 3.8) is 0 Å². The second kappa shape index (κ2) is 7.77. The summed E-state index contributed by atoms with van der Waals surface area (Å²) in [7, 11) is -1.63. The number of aryl methyl sites for hydroxylation is 1. The zero-order valence-electron chi connectivity index (χ0n) is 14.4. The molecule has 0 N–H and O–H groups in total. The monoisotopic (exact) mass is 406 g/mol. The van der Waals surface area contributed by atoms with Gasteiger partial charge in [-0.05, 0) is 36.6 Å². The summed E-state index contributed by atoms with van der Waals surface area (Å²) in [4.78, 5) is 18.3. The highest BCUT2D eigenvalue weighted by Crippen LogP contribution is 2.23. The molecule has 0 atom stereocenters. The summed E-state index contributed by atoms with van der Waals surface area (Å²) < 4.78 is 27.4. The highest BCUT2D eigenvalue weighted by molar-refractivity contribution is 7.98. The first-order chi connectivity index (χ1) is 12.4. The molecule has 1 heterocycles. The molecule has 136 valence electrons. The fraction of sp³-hybridized carbons (Fsp3) is 0.222. The predicted octanol–water partition coefficient (Wildman–Crippen LogP) is 3.25. The van der Waals surface area contributed by atoms with Gasteiger partial charge in [-0.3, -0.25) is 4.79 Å². The van der Waals surface area contributed by atoms with E-state index in [1.165, 1.54) is 23.5 Å². The van der Waals surface area contributed by atoms with Crippen LogP contribution in [0.25, 0.3) is 10.2 Å². The van der Waals surface area contributed by atoms with Gasteiger partial charge < -0.3 is 4.57 Å². The van der Waals surface area contributed by atoms with Crippen LogP contribution in [0.1, 0.15) is 6.42 Å². The molecule has 0 fully saturated rings. The number of carbonyl (C=O) groups is 1. The molecule has 0 saturated carbocycles. The Bertz CT molecular complexity index is 1110. The number of carbonyl (C=O) groups excluding carboxylic acids is 1. The number of aromatic nitrogens is 1. The Morgan fingerprint density at radius 3 is 2.62 bits per heavy atom. The van der Waals surface area contributed by atoms with Crippen LogP contribution >= 0.6 is 23.1 Å². The van der Waals surface area contributed by atoms with E-state index in [1.54, 1.807) is 30.0 Å². The van der Waals surface area contributed by atoms with Crippen molar-refractivity contribution >= 4 is 49.1 Å². The van der Waals surface area contributed by atoms with Crippen LogP contribution in [0, 0.1) is 0 Å². The summed E-state index contributed by atoms with van der Waals surface area (Å²) in [5.74, 6) is -0.679. The van der Waals surface area contributed by atoms with Gasteiger partial charge in [0.25, 0.3) is 0 Å². The van der Waals surface area contributed by atoms with Gasteiger partial charge >= 0.3 is 0 Å². The number of thiazole rings is 1. The Morgan fingerprint density at radius 2 is 1.92 bits per heavy atom. The Hall–Kier alpha value is -1.90. The number of amides is 1. The largest absolute Gasteiger partial charge is 0.319 e. The second-order valence-corrected chi connectivity index (χ2v) is 9.66. The lowest BCUT2D eigenvalue weighted by Crippen LogP contribution is -2.15. The van der Waals surface area contributed by atoms with Crippen molar-refractivity contribution < 1.29 is 13.2 Å². The molecule has 0 aliphatic heterocycles. The van der Waals surface area contributed by atoms with E-state index in [0.717, 1.165) is 15.1 Å².